The number of thioether (sulfide) groups is 1. The molecule has 1 atom stereocenters. The quantitative estimate of drug-likeness (QED) is 0.522. The average Bonchev–Trinajstić information content (AvgIpc) is 2.45. The van der Waals surface area contributed by atoms with Crippen molar-refractivity contribution in [3.05, 3.63) is 33.9 Å². The maximum atomic E-state index is 12.5. The molecule has 0 saturated carbocycles. The van der Waals surface area contributed by atoms with Gasteiger partial charge in [0.1, 0.15) is 5.56 Å². The van der Waals surface area contributed by atoms with Crippen molar-refractivity contribution in [3.8, 4) is 0 Å². The summed E-state index contributed by atoms with van der Waals surface area (Å²) in [6.07, 6.45) is 1.88. The van der Waals surface area contributed by atoms with Gasteiger partial charge in [-0.1, -0.05) is 0 Å². The van der Waals surface area contributed by atoms with Gasteiger partial charge in [-0.25, -0.2) is 0 Å². The van der Waals surface area contributed by atoms with Gasteiger partial charge in [0.2, 0.25) is 0 Å². The highest BCUT2D eigenvalue weighted by Crippen LogP contribution is 2.26. The number of carbonyl (C=O) groups excluding carboxylic acids is 1. The number of hydrogen-bond donors (Lipinski definition) is 1. The summed E-state index contributed by atoms with van der Waals surface area (Å²) in [7, 11) is 0. The van der Waals surface area contributed by atoms with Crippen LogP contribution in [-0.2, 0) is 0 Å². The van der Waals surface area contributed by atoms with Crippen LogP contribution in [0.15, 0.2) is 23.1 Å². The van der Waals surface area contributed by atoms with Crippen LogP contribution in [0.1, 0.15) is 17.3 Å². The predicted molar refractivity (Wildman–Crippen MR) is 78.2 cm³/mol. The number of nitrogens with zero attached hydrogens (tertiary/aromatic N) is 2. The summed E-state index contributed by atoms with van der Waals surface area (Å²) in [5, 5.41) is 14.3. The van der Waals surface area contributed by atoms with E-state index in [4.69, 9.17) is 0 Å². The molecule has 1 N–H and O–H groups in total. The minimum absolute atomic E-state index is 0.126. The predicted octanol–water partition coefficient (Wildman–Crippen LogP) is 1.75. The van der Waals surface area contributed by atoms with E-state index in [1.165, 1.54) is 17.8 Å². The highest BCUT2D eigenvalue weighted by atomic mass is 32.2. The molecule has 0 spiro atoms. The molecule has 1 fully saturated rings. The molecule has 1 aliphatic rings. The molecule has 1 aliphatic heterocycles. The lowest BCUT2D eigenvalue weighted by Gasteiger charge is -2.31. The Hall–Kier alpha value is -1.60. The van der Waals surface area contributed by atoms with E-state index < -0.39 is 4.92 Å². The van der Waals surface area contributed by atoms with Gasteiger partial charge in [0.05, 0.1) is 4.92 Å². The van der Waals surface area contributed by atoms with Crippen LogP contribution in [0, 0.1) is 10.1 Å². The van der Waals surface area contributed by atoms with Gasteiger partial charge in [-0.15, -0.1) is 11.8 Å². The molecule has 7 heteroatoms. The Morgan fingerprint density at radius 3 is 2.90 bits per heavy atom. The van der Waals surface area contributed by atoms with Crippen LogP contribution >= 0.6 is 11.8 Å². The van der Waals surface area contributed by atoms with E-state index in [2.05, 4.69) is 5.32 Å². The van der Waals surface area contributed by atoms with Gasteiger partial charge in [-0.2, -0.15) is 0 Å². The summed E-state index contributed by atoms with van der Waals surface area (Å²) in [4.78, 5) is 25.6. The molecule has 1 heterocycles. The first-order valence-electron chi connectivity index (χ1n) is 6.38. The summed E-state index contributed by atoms with van der Waals surface area (Å²) >= 11 is 1.46. The number of hydrogen-bond acceptors (Lipinski definition) is 5. The van der Waals surface area contributed by atoms with E-state index in [-0.39, 0.29) is 23.2 Å². The van der Waals surface area contributed by atoms with Crippen molar-refractivity contribution in [3.63, 3.8) is 0 Å². The lowest BCUT2D eigenvalue weighted by atomic mass is 10.1. The molecular formula is C13H17N3O3S. The third-order valence-electron chi connectivity index (χ3n) is 3.29. The highest BCUT2D eigenvalue weighted by Gasteiger charge is 2.27. The van der Waals surface area contributed by atoms with Crippen molar-refractivity contribution < 1.29 is 9.72 Å². The second-order valence-corrected chi connectivity index (χ2v) is 5.63. The summed E-state index contributed by atoms with van der Waals surface area (Å²) in [5.74, 6) is -0.263. The number of amides is 1. The number of rotatable bonds is 3. The number of carbonyl (C=O) groups is 1. The fourth-order valence-electron chi connectivity index (χ4n) is 2.26. The Balaban J connectivity index is 2.34. The van der Waals surface area contributed by atoms with Crippen molar-refractivity contribution in [1.82, 2.24) is 10.2 Å². The third-order valence-corrected chi connectivity index (χ3v) is 4.01. The van der Waals surface area contributed by atoms with E-state index in [1.54, 1.807) is 17.0 Å². The van der Waals surface area contributed by atoms with E-state index in [1.807, 2.05) is 13.2 Å². The molecule has 0 bridgehead atoms. The molecule has 6 nitrogen and oxygen atoms in total. The Morgan fingerprint density at radius 1 is 1.55 bits per heavy atom. The van der Waals surface area contributed by atoms with E-state index >= 15 is 0 Å². The number of piperazine rings is 1. The van der Waals surface area contributed by atoms with Gasteiger partial charge in [0.15, 0.2) is 0 Å². The molecule has 1 unspecified atom stereocenters. The van der Waals surface area contributed by atoms with Gasteiger partial charge in [-0.3, -0.25) is 14.9 Å². The highest BCUT2D eigenvalue weighted by molar-refractivity contribution is 7.98. The second-order valence-electron chi connectivity index (χ2n) is 4.75. The first-order chi connectivity index (χ1) is 9.52. The first kappa shape index (κ1) is 14.8. The molecule has 20 heavy (non-hydrogen) atoms. The van der Waals surface area contributed by atoms with Gasteiger partial charge in [0.25, 0.3) is 11.6 Å². The zero-order valence-electron chi connectivity index (χ0n) is 11.5. The van der Waals surface area contributed by atoms with E-state index in [0.29, 0.717) is 19.6 Å². The topological polar surface area (TPSA) is 75.5 Å². The molecule has 1 aromatic rings. The molecule has 0 aliphatic carbocycles. The maximum Gasteiger partial charge on any atom is 0.282 e. The van der Waals surface area contributed by atoms with Crippen LogP contribution in [0.25, 0.3) is 0 Å². The molecule has 1 aromatic carbocycles. The summed E-state index contributed by atoms with van der Waals surface area (Å²) in [5.41, 5.74) is 0.0509. The zero-order valence-corrected chi connectivity index (χ0v) is 12.3. The average molecular weight is 295 g/mol. The minimum atomic E-state index is -0.497. The first-order valence-corrected chi connectivity index (χ1v) is 7.60. The fraction of sp³-hybridized carbons (Fsp3) is 0.462. The van der Waals surface area contributed by atoms with Crippen molar-refractivity contribution >= 4 is 23.4 Å². The molecule has 1 saturated heterocycles. The van der Waals surface area contributed by atoms with E-state index in [0.717, 1.165) is 4.90 Å². The maximum absolute atomic E-state index is 12.5. The molecule has 2 rings (SSSR count). The largest absolute Gasteiger partial charge is 0.336 e. The van der Waals surface area contributed by atoms with E-state index in [9.17, 15) is 14.9 Å². The SMILES string of the molecule is CSc1ccc([N+](=O)[O-])c(C(=O)N2CCNC(C)C2)c1. The summed E-state index contributed by atoms with van der Waals surface area (Å²) in [6.45, 7) is 3.85. The third kappa shape index (κ3) is 3.10. The number of nitro groups is 1. The molecule has 1 amide bonds. The Morgan fingerprint density at radius 2 is 2.30 bits per heavy atom. The zero-order chi connectivity index (χ0) is 14.7. The smallest absolute Gasteiger partial charge is 0.282 e. The van der Waals surface area contributed by atoms with Crippen LogP contribution in [0.4, 0.5) is 5.69 Å². The molecule has 0 radical (unpaired) electrons. The van der Waals surface area contributed by atoms with Crippen LogP contribution in [0.2, 0.25) is 0 Å². The number of benzene rings is 1. The molecule has 0 aromatic heterocycles. The normalized spacial score (nSPS) is 18.9. The van der Waals surface area contributed by atoms with Gasteiger partial charge in [-0.05, 0) is 25.3 Å². The van der Waals surface area contributed by atoms with Crippen LogP contribution in [-0.4, -0.2) is 47.7 Å². The number of nitrogens with one attached hydrogen (secondary N) is 1. The Kier molecular flexibility index (Phi) is 4.61. The summed E-state index contributed by atoms with van der Waals surface area (Å²) < 4.78 is 0. The van der Waals surface area contributed by atoms with Gasteiger partial charge < -0.3 is 10.2 Å². The standard InChI is InChI=1S/C13H17N3O3S/c1-9-8-15(6-5-14-9)13(17)11-7-10(20-2)3-4-12(11)16(18)19/h3-4,7,9,14H,5-6,8H2,1-2H3. The van der Waals surface area contributed by atoms with Gasteiger partial charge in [0, 0.05) is 36.6 Å². The Bertz CT molecular complexity index is 536. The monoisotopic (exact) mass is 295 g/mol. The van der Waals surface area contributed by atoms with Gasteiger partial charge >= 0.3 is 0 Å². The second kappa shape index (κ2) is 6.23. The molecule has 108 valence electrons. The van der Waals surface area contributed by atoms with Crippen molar-refractivity contribution in [2.75, 3.05) is 25.9 Å². The van der Waals surface area contributed by atoms with Crippen LogP contribution < -0.4 is 5.32 Å². The van der Waals surface area contributed by atoms with Crippen molar-refractivity contribution in [2.24, 2.45) is 0 Å². The van der Waals surface area contributed by atoms with Crippen molar-refractivity contribution in [2.45, 2.75) is 17.9 Å². The lowest BCUT2D eigenvalue weighted by Crippen LogP contribution is -2.51. The van der Waals surface area contributed by atoms with Crippen molar-refractivity contribution in [1.29, 1.82) is 0 Å². The fourth-order valence-corrected chi connectivity index (χ4v) is 2.70. The van der Waals surface area contributed by atoms with Crippen LogP contribution in [0.3, 0.4) is 0 Å². The Labute approximate surface area is 121 Å². The lowest BCUT2D eigenvalue weighted by molar-refractivity contribution is -0.385. The summed E-state index contributed by atoms with van der Waals surface area (Å²) in [6, 6.07) is 4.89. The minimum Gasteiger partial charge on any atom is -0.336 e. The van der Waals surface area contributed by atoms with Crippen LogP contribution in [0.5, 0.6) is 0 Å². The molecular weight excluding hydrogens is 278 g/mol. The number of nitro benzene ring substituents is 1.